The summed E-state index contributed by atoms with van der Waals surface area (Å²) in [7, 11) is 0. The van der Waals surface area contributed by atoms with E-state index >= 15 is 0 Å². The minimum Gasteiger partial charge on any atom is -0.480 e. The van der Waals surface area contributed by atoms with E-state index in [2.05, 4.69) is 0 Å². The number of amides is 1. The molecule has 0 aliphatic rings. The van der Waals surface area contributed by atoms with Crippen LogP contribution < -0.4 is 5.43 Å². The molecule has 22 heavy (non-hydrogen) atoms. The Bertz CT molecular complexity index is 751. The lowest BCUT2D eigenvalue weighted by Gasteiger charge is -2.21. The Kier molecular flexibility index (Phi) is 4.93. The van der Waals surface area contributed by atoms with Gasteiger partial charge < -0.3 is 14.6 Å². The van der Waals surface area contributed by atoms with Gasteiger partial charge in [0.2, 0.25) is 5.91 Å². The zero-order valence-corrected chi connectivity index (χ0v) is 12.4. The molecule has 6 nitrogen and oxygen atoms in total. The highest BCUT2D eigenvalue weighted by atomic mass is 16.4. The van der Waals surface area contributed by atoms with Crippen LogP contribution in [-0.2, 0) is 16.1 Å². The molecule has 1 aromatic heterocycles. The van der Waals surface area contributed by atoms with Crippen molar-refractivity contribution in [2.24, 2.45) is 0 Å². The van der Waals surface area contributed by atoms with Crippen molar-refractivity contribution in [1.29, 1.82) is 0 Å². The van der Waals surface area contributed by atoms with E-state index < -0.39 is 5.97 Å². The summed E-state index contributed by atoms with van der Waals surface area (Å²) in [5.74, 6) is -1.32. The van der Waals surface area contributed by atoms with Gasteiger partial charge in [-0.05, 0) is 18.6 Å². The Balaban J connectivity index is 2.29. The number of para-hydroxylation sites is 1. The average Bonchev–Trinajstić information content (AvgIpc) is 2.49. The summed E-state index contributed by atoms with van der Waals surface area (Å²) in [6.45, 7) is 1.97. The lowest BCUT2D eigenvalue weighted by atomic mass is 10.2. The van der Waals surface area contributed by atoms with Crippen molar-refractivity contribution < 1.29 is 14.7 Å². The van der Waals surface area contributed by atoms with Crippen LogP contribution >= 0.6 is 0 Å². The van der Waals surface area contributed by atoms with Crippen molar-refractivity contribution in [2.45, 2.75) is 19.9 Å². The summed E-state index contributed by atoms with van der Waals surface area (Å²) in [6, 6.07) is 8.45. The molecule has 2 rings (SSSR count). The van der Waals surface area contributed by atoms with Gasteiger partial charge in [0.25, 0.3) is 0 Å². The smallest absolute Gasteiger partial charge is 0.323 e. The summed E-state index contributed by atoms with van der Waals surface area (Å²) in [4.78, 5) is 36.3. The Morgan fingerprint density at radius 2 is 1.95 bits per heavy atom. The molecule has 1 amide bonds. The van der Waals surface area contributed by atoms with E-state index in [1.165, 1.54) is 11.0 Å². The van der Waals surface area contributed by atoms with E-state index in [1.54, 1.807) is 35.0 Å². The standard InChI is InChI=1S/C16H18N2O4/c1-2-8-18(11-16(21)22)15(20)10-17-9-7-14(19)12-5-3-4-6-13(12)17/h3-7,9H,2,8,10-11H2,1H3,(H,21,22). The number of rotatable bonds is 6. The van der Waals surface area contributed by atoms with Crippen molar-refractivity contribution in [3.05, 3.63) is 46.8 Å². The van der Waals surface area contributed by atoms with Gasteiger partial charge in [-0.1, -0.05) is 19.1 Å². The van der Waals surface area contributed by atoms with Gasteiger partial charge in [0.05, 0.1) is 5.52 Å². The monoisotopic (exact) mass is 302 g/mol. The number of fused-ring (bicyclic) bond motifs is 1. The number of aromatic nitrogens is 1. The molecule has 1 heterocycles. The zero-order valence-electron chi connectivity index (χ0n) is 12.4. The van der Waals surface area contributed by atoms with Crippen molar-refractivity contribution in [2.75, 3.05) is 13.1 Å². The molecule has 0 atom stereocenters. The summed E-state index contributed by atoms with van der Waals surface area (Å²) in [5.41, 5.74) is 0.561. The third kappa shape index (κ3) is 3.52. The van der Waals surface area contributed by atoms with Crippen LogP contribution in [-0.4, -0.2) is 39.5 Å². The zero-order chi connectivity index (χ0) is 16.1. The SMILES string of the molecule is CCCN(CC(=O)O)C(=O)Cn1ccc(=O)c2ccccc21. The first kappa shape index (κ1) is 15.8. The topological polar surface area (TPSA) is 79.6 Å². The maximum absolute atomic E-state index is 12.3. The van der Waals surface area contributed by atoms with Crippen LogP contribution in [0.25, 0.3) is 10.9 Å². The number of aliphatic carboxylic acids is 1. The molecule has 0 unspecified atom stereocenters. The van der Waals surface area contributed by atoms with E-state index in [0.29, 0.717) is 23.9 Å². The van der Waals surface area contributed by atoms with E-state index in [4.69, 9.17) is 5.11 Å². The van der Waals surface area contributed by atoms with Crippen molar-refractivity contribution in [3.63, 3.8) is 0 Å². The van der Waals surface area contributed by atoms with Gasteiger partial charge >= 0.3 is 5.97 Å². The van der Waals surface area contributed by atoms with Gasteiger partial charge in [0.15, 0.2) is 5.43 Å². The quantitative estimate of drug-likeness (QED) is 0.873. The van der Waals surface area contributed by atoms with Crippen LogP contribution in [0.1, 0.15) is 13.3 Å². The third-order valence-electron chi connectivity index (χ3n) is 3.36. The van der Waals surface area contributed by atoms with Gasteiger partial charge in [-0.2, -0.15) is 0 Å². The predicted octanol–water partition coefficient (Wildman–Crippen LogP) is 1.32. The molecule has 1 aromatic carbocycles. The van der Waals surface area contributed by atoms with Gasteiger partial charge in [-0.15, -0.1) is 0 Å². The van der Waals surface area contributed by atoms with E-state index in [9.17, 15) is 14.4 Å². The number of benzene rings is 1. The largest absolute Gasteiger partial charge is 0.480 e. The second kappa shape index (κ2) is 6.89. The molecule has 0 radical (unpaired) electrons. The molecule has 6 heteroatoms. The molecule has 0 fully saturated rings. The Labute approximate surface area is 127 Å². The lowest BCUT2D eigenvalue weighted by Crippen LogP contribution is -2.38. The molecule has 0 saturated carbocycles. The van der Waals surface area contributed by atoms with Crippen LogP contribution in [0.15, 0.2) is 41.3 Å². The number of pyridine rings is 1. The number of hydrogen-bond acceptors (Lipinski definition) is 3. The van der Waals surface area contributed by atoms with E-state index in [1.807, 2.05) is 6.92 Å². The molecular formula is C16H18N2O4. The van der Waals surface area contributed by atoms with Crippen LogP contribution in [0.5, 0.6) is 0 Å². The molecule has 0 spiro atoms. The normalized spacial score (nSPS) is 10.6. The van der Waals surface area contributed by atoms with Crippen LogP contribution in [0.2, 0.25) is 0 Å². The van der Waals surface area contributed by atoms with Gasteiger partial charge in [-0.3, -0.25) is 14.4 Å². The molecule has 0 saturated heterocycles. The Morgan fingerprint density at radius 3 is 2.64 bits per heavy atom. The molecule has 2 aromatic rings. The van der Waals surface area contributed by atoms with Crippen molar-refractivity contribution in [3.8, 4) is 0 Å². The highest BCUT2D eigenvalue weighted by Gasteiger charge is 2.16. The minimum absolute atomic E-state index is 0.00801. The highest BCUT2D eigenvalue weighted by molar-refractivity contribution is 5.84. The Hall–Kier alpha value is -2.63. The number of nitrogens with zero attached hydrogens (tertiary/aromatic N) is 2. The molecule has 1 N–H and O–H groups in total. The summed E-state index contributed by atoms with van der Waals surface area (Å²) in [6.07, 6.45) is 2.25. The highest BCUT2D eigenvalue weighted by Crippen LogP contribution is 2.10. The lowest BCUT2D eigenvalue weighted by molar-refractivity contribution is -0.144. The fourth-order valence-electron chi connectivity index (χ4n) is 2.37. The summed E-state index contributed by atoms with van der Waals surface area (Å²) >= 11 is 0. The molecule has 0 bridgehead atoms. The van der Waals surface area contributed by atoms with Crippen molar-refractivity contribution in [1.82, 2.24) is 9.47 Å². The first-order valence-electron chi connectivity index (χ1n) is 7.10. The Morgan fingerprint density at radius 1 is 1.23 bits per heavy atom. The number of hydrogen-bond donors (Lipinski definition) is 1. The minimum atomic E-state index is -1.04. The van der Waals surface area contributed by atoms with E-state index in [-0.39, 0.29) is 24.4 Å². The number of carbonyl (C=O) groups excluding carboxylic acids is 1. The number of carboxylic acid groups (broad SMARTS) is 1. The fourth-order valence-corrected chi connectivity index (χ4v) is 2.37. The van der Waals surface area contributed by atoms with Crippen LogP contribution in [0, 0.1) is 0 Å². The van der Waals surface area contributed by atoms with Crippen LogP contribution in [0.4, 0.5) is 0 Å². The third-order valence-corrected chi connectivity index (χ3v) is 3.36. The second-order valence-corrected chi connectivity index (χ2v) is 5.03. The van der Waals surface area contributed by atoms with Gasteiger partial charge in [-0.25, -0.2) is 0 Å². The number of carboxylic acids is 1. The van der Waals surface area contributed by atoms with Crippen LogP contribution in [0.3, 0.4) is 0 Å². The first-order valence-corrected chi connectivity index (χ1v) is 7.10. The number of carbonyl (C=O) groups is 2. The molecule has 116 valence electrons. The predicted molar refractivity (Wildman–Crippen MR) is 82.7 cm³/mol. The molecule has 0 aliphatic carbocycles. The average molecular weight is 302 g/mol. The fraction of sp³-hybridized carbons (Fsp3) is 0.312. The molecular weight excluding hydrogens is 284 g/mol. The maximum atomic E-state index is 12.3. The van der Waals surface area contributed by atoms with Crippen molar-refractivity contribution >= 4 is 22.8 Å². The summed E-state index contributed by atoms with van der Waals surface area (Å²) < 4.78 is 1.67. The van der Waals surface area contributed by atoms with Gasteiger partial charge in [0.1, 0.15) is 13.1 Å². The summed E-state index contributed by atoms with van der Waals surface area (Å²) in [5, 5.41) is 9.43. The maximum Gasteiger partial charge on any atom is 0.323 e. The first-order chi connectivity index (χ1) is 10.5. The van der Waals surface area contributed by atoms with E-state index in [0.717, 1.165) is 0 Å². The van der Waals surface area contributed by atoms with Gasteiger partial charge in [0, 0.05) is 24.2 Å². The second-order valence-electron chi connectivity index (χ2n) is 5.03. The molecule has 0 aliphatic heterocycles.